The molecule has 2 aliphatic heterocycles. The lowest BCUT2D eigenvalue weighted by atomic mass is 10.0. The number of hydrogen-bond acceptors (Lipinski definition) is 6. The molecule has 1 aromatic carbocycles. The second-order valence-electron chi connectivity index (χ2n) is 5.78. The fourth-order valence-corrected chi connectivity index (χ4v) is 3.08. The van der Waals surface area contributed by atoms with Gasteiger partial charge in [-0.1, -0.05) is 6.07 Å². The number of piperidine rings is 1. The smallest absolute Gasteiger partial charge is 0.266 e. The van der Waals surface area contributed by atoms with Crippen molar-refractivity contribution in [1.82, 2.24) is 10.2 Å². The topological polar surface area (TPSA) is 102 Å². The highest BCUT2D eigenvalue weighted by molar-refractivity contribution is 6.24. The Kier molecular flexibility index (Phi) is 5.53. The largest absolute Gasteiger partial charge is 0.490 e. The highest BCUT2D eigenvalue weighted by Crippen LogP contribution is 2.33. The number of carbonyl (C=O) groups is 4. The van der Waals surface area contributed by atoms with Crippen molar-refractivity contribution in [2.75, 3.05) is 25.7 Å². The van der Waals surface area contributed by atoms with Crippen molar-refractivity contribution >= 4 is 35.2 Å². The maximum atomic E-state index is 12.8. The molecule has 3 rings (SSSR count). The zero-order valence-corrected chi connectivity index (χ0v) is 14.6. The highest BCUT2D eigenvalue weighted by Gasteiger charge is 2.45. The van der Waals surface area contributed by atoms with Crippen LogP contribution in [0.15, 0.2) is 18.2 Å². The number of imide groups is 2. The summed E-state index contributed by atoms with van der Waals surface area (Å²) in [6, 6.07) is 3.70. The fraction of sp³-hybridized carbons (Fsp3) is 0.412. The summed E-state index contributed by atoms with van der Waals surface area (Å²) in [5.74, 6) is -1.60. The first-order valence-electron chi connectivity index (χ1n) is 8.15. The molecular formula is C17H17ClN2O6. The van der Waals surface area contributed by atoms with Gasteiger partial charge in [0.15, 0.2) is 0 Å². The summed E-state index contributed by atoms with van der Waals surface area (Å²) in [5.41, 5.74) is 0.304. The van der Waals surface area contributed by atoms with E-state index in [0.717, 1.165) is 4.90 Å². The molecule has 1 fully saturated rings. The molecule has 4 amide bonds. The molecule has 1 atom stereocenters. The molecule has 0 bridgehead atoms. The van der Waals surface area contributed by atoms with Crippen LogP contribution in [0.4, 0.5) is 0 Å². The molecule has 138 valence electrons. The number of nitrogens with one attached hydrogen (secondary N) is 1. The third-order valence-electron chi connectivity index (χ3n) is 4.14. The van der Waals surface area contributed by atoms with Gasteiger partial charge in [-0.05, 0) is 18.6 Å². The van der Waals surface area contributed by atoms with E-state index in [9.17, 15) is 19.2 Å². The molecule has 0 aliphatic carbocycles. The van der Waals surface area contributed by atoms with E-state index in [-0.39, 0.29) is 42.9 Å². The summed E-state index contributed by atoms with van der Waals surface area (Å²) in [6.07, 6.45) is 0.184. The van der Waals surface area contributed by atoms with Crippen LogP contribution in [0.1, 0.15) is 33.6 Å². The van der Waals surface area contributed by atoms with Gasteiger partial charge in [0, 0.05) is 12.3 Å². The molecule has 1 aromatic rings. The second-order valence-corrected chi connectivity index (χ2v) is 6.15. The van der Waals surface area contributed by atoms with Crippen molar-refractivity contribution in [2.24, 2.45) is 0 Å². The molecule has 9 heteroatoms. The van der Waals surface area contributed by atoms with Crippen molar-refractivity contribution < 1.29 is 28.7 Å². The minimum Gasteiger partial charge on any atom is -0.490 e. The van der Waals surface area contributed by atoms with E-state index in [2.05, 4.69) is 5.32 Å². The van der Waals surface area contributed by atoms with E-state index in [4.69, 9.17) is 21.1 Å². The highest BCUT2D eigenvalue weighted by atomic mass is 35.5. The lowest BCUT2D eigenvalue weighted by Gasteiger charge is -2.27. The Balaban J connectivity index is 1.78. The number of benzene rings is 1. The molecule has 0 spiro atoms. The Bertz CT molecular complexity index is 766. The van der Waals surface area contributed by atoms with Crippen LogP contribution in [0.25, 0.3) is 0 Å². The van der Waals surface area contributed by atoms with Gasteiger partial charge in [-0.25, -0.2) is 0 Å². The number of amides is 4. The van der Waals surface area contributed by atoms with Crippen LogP contribution < -0.4 is 10.1 Å². The average molecular weight is 381 g/mol. The third kappa shape index (κ3) is 3.42. The van der Waals surface area contributed by atoms with Crippen molar-refractivity contribution in [2.45, 2.75) is 18.9 Å². The SMILES string of the molecule is O=C1CCC(N2C(=O)c3cccc(OCCOCCCl)c3C2=O)C(=O)N1. The standard InChI is InChI=1S/C17H17ClN2O6/c18-6-7-25-8-9-26-12-3-1-2-10-14(12)17(24)20(16(10)23)11-4-5-13(21)19-15(11)22/h1-3,11H,4-9H2,(H,19,21,22). The van der Waals surface area contributed by atoms with Gasteiger partial charge in [0.1, 0.15) is 18.4 Å². The van der Waals surface area contributed by atoms with Crippen molar-refractivity contribution in [3.63, 3.8) is 0 Å². The Labute approximate surface area is 154 Å². The summed E-state index contributed by atoms with van der Waals surface area (Å²) in [5, 5.41) is 2.16. The molecule has 2 aliphatic rings. The van der Waals surface area contributed by atoms with Gasteiger partial charge >= 0.3 is 0 Å². The molecule has 0 radical (unpaired) electrons. The Morgan fingerprint density at radius 1 is 1.12 bits per heavy atom. The molecule has 0 aromatic heterocycles. The van der Waals surface area contributed by atoms with Gasteiger partial charge in [0.05, 0.1) is 24.3 Å². The van der Waals surface area contributed by atoms with Crippen LogP contribution in [-0.4, -0.2) is 60.3 Å². The molecule has 1 unspecified atom stereocenters. The minimum atomic E-state index is -1.000. The van der Waals surface area contributed by atoms with E-state index in [1.165, 1.54) is 6.07 Å². The Morgan fingerprint density at radius 2 is 1.92 bits per heavy atom. The van der Waals surface area contributed by atoms with Gasteiger partial charge in [-0.3, -0.25) is 29.4 Å². The predicted octanol–water partition coefficient (Wildman–Crippen LogP) is 0.722. The van der Waals surface area contributed by atoms with E-state index < -0.39 is 29.7 Å². The second kappa shape index (κ2) is 7.84. The van der Waals surface area contributed by atoms with Crippen molar-refractivity contribution in [3.8, 4) is 5.75 Å². The van der Waals surface area contributed by atoms with Crippen LogP contribution >= 0.6 is 11.6 Å². The molecular weight excluding hydrogens is 364 g/mol. The van der Waals surface area contributed by atoms with Crippen LogP contribution in [0, 0.1) is 0 Å². The number of fused-ring (bicyclic) bond motifs is 1. The van der Waals surface area contributed by atoms with Gasteiger partial charge < -0.3 is 9.47 Å². The van der Waals surface area contributed by atoms with E-state index in [1.807, 2.05) is 0 Å². The van der Waals surface area contributed by atoms with Crippen molar-refractivity contribution in [3.05, 3.63) is 29.3 Å². The molecule has 1 N–H and O–H groups in total. The maximum Gasteiger partial charge on any atom is 0.266 e. The Morgan fingerprint density at radius 3 is 2.65 bits per heavy atom. The number of carbonyl (C=O) groups excluding carboxylic acids is 4. The molecule has 8 nitrogen and oxygen atoms in total. The number of halogens is 1. The Hall–Kier alpha value is -2.45. The summed E-state index contributed by atoms with van der Waals surface area (Å²) >= 11 is 5.51. The quantitative estimate of drug-likeness (QED) is 0.425. The number of hydrogen-bond donors (Lipinski definition) is 1. The predicted molar refractivity (Wildman–Crippen MR) is 90.1 cm³/mol. The van der Waals surface area contributed by atoms with Crippen LogP contribution in [0.5, 0.6) is 5.75 Å². The number of nitrogens with zero attached hydrogens (tertiary/aromatic N) is 1. The average Bonchev–Trinajstić information content (AvgIpc) is 2.87. The first-order valence-corrected chi connectivity index (χ1v) is 8.69. The molecule has 26 heavy (non-hydrogen) atoms. The summed E-state index contributed by atoms with van der Waals surface area (Å²) in [7, 11) is 0. The number of alkyl halides is 1. The first-order chi connectivity index (χ1) is 12.5. The van der Waals surface area contributed by atoms with E-state index in [1.54, 1.807) is 12.1 Å². The summed E-state index contributed by atoms with van der Waals surface area (Å²) in [4.78, 5) is 49.7. The van der Waals surface area contributed by atoms with Crippen molar-refractivity contribution in [1.29, 1.82) is 0 Å². The van der Waals surface area contributed by atoms with Crippen LogP contribution in [-0.2, 0) is 14.3 Å². The normalized spacial score (nSPS) is 19.6. The van der Waals surface area contributed by atoms with Crippen LogP contribution in [0.3, 0.4) is 0 Å². The lowest BCUT2D eigenvalue weighted by Crippen LogP contribution is -2.54. The third-order valence-corrected chi connectivity index (χ3v) is 4.29. The van der Waals surface area contributed by atoms with E-state index in [0.29, 0.717) is 12.5 Å². The lowest BCUT2D eigenvalue weighted by molar-refractivity contribution is -0.136. The van der Waals surface area contributed by atoms with Gasteiger partial charge in [-0.2, -0.15) is 0 Å². The summed E-state index contributed by atoms with van der Waals surface area (Å²) < 4.78 is 10.8. The first kappa shape index (κ1) is 18.3. The maximum absolute atomic E-state index is 12.8. The number of ether oxygens (including phenoxy) is 2. The molecule has 1 saturated heterocycles. The monoisotopic (exact) mass is 380 g/mol. The van der Waals surface area contributed by atoms with E-state index >= 15 is 0 Å². The molecule has 2 heterocycles. The van der Waals surface area contributed by atoms with Gasteiger partial charge in [-0.15, -0.1) is 11.6 Å². The number of rotatable bonds is 7. The minimum absolute atomic E-state index is 0.0745. The zero-order chi connectivity index (χ0) is 18.7. The fourth-order valence-electron chi connectivity index (χ4n) is 2.97. The van der Waals surface area contributed by atoms with Crippen LogP contribution in [0.2, 0.25) is 0 Å². The summed E-state index contributed by atoms with van der Waals surface area (Å²) in [6.45, 7) is 0.862. The zero-order valence-electron chi connectivity index (χ0n) is 13.8. The van der Waals surface area contributed by atoms with Gasteiger partial charge in [0.25, 0.3) is 11.8 Å². The van der Waals surface area contributed by atoms with Gasteiger partial charge in [0.2, 0.25) is 11.8 Å². The molecule has 0 saturated carbocycles.